The van der Waals surface area contributed by atoms with Gasteiger partial charge in [0.1, 0.15) is 5.75 Å². The third kappa shape index (κ3) is 4.87. The van der Waals surface area contributed by atoms with E-state index in [0.29, 0.717) is 26.2 Å². The van der Waals surface area contributed by atoms with Crippen molar-refractivity contribution in [2.24, 2.45) is 5.92 Å². The van der Waals surface area contributed by atoms with Gasteiger partial charge >= 0.3 is 6.09 Å². The first-order chi connectivity index (χ1) is 11.1. The summed E-state index contributed by atoms with van der Waals surface area (Å²) in [6, 6.07) is 7.57. The Kier molecular flexibility index (Phi) is 6.26. The van der Waals surface area contributed by atoms with E-state index >= 15 is 0 Å². The summed E-state index contributed by atoms with van der Waals surface area (Å²) < 4.78 is 10.1. The predicted molar refractivity (Wildman–Crippen MR) is 86.2 cm³/mol. The highest BCUT2D eigenvalue weighted by Gasteiger charge is 2.28. The summed E-state index contributed by atoms with van der Waals surface area (Å²) in [7, 11) is 1.62. The lowest BCUT2D eigenvalue weighted by atomic mass is 9.97. The minimum atomic E-state index is -0.333. The van der Waals surface area contributed by atoms with Crippen LogP contribution in [0.3, 0.4) is 0 Å². The Morgan fingerprint density at radius 2 is 2.04 bits per heavy atom. The van der Waals surface area contributed by atoms with Crippen molar-refractivity contribution in [3.63, 3.8) is 0 Å². The number of carbonyl (C=O) groups is 2. The van der Waals surface area contributed by atoms with E-state index in [4.69, 9.17) is 9.47 Å². The van der Waals surface area contributed by atoms with Crippen molar-refractivity contribution in [3.05, 3.63) is 29.8 Å². The summed E-state index contributed by atoms with van der Waals surface area (Å²) in [4.78, 5) is 25.7. The second-order valence-electron chi connectivity index (χ2n) is 5.55. The molecule has 0 saturated carbocycles. The molecule has 1 aromatic carbocycles. The van der Waals surface area contributed by atoms with Gasteiger partial charge in [-0.2, -0.15) is 0 Å². The smallest absolute Gasteiger partial charge is 0.409 e. The van der Waals surface area contributed by atoms with Gasteiger partial charge in [0, 0.05) is 19.6 Å². The second-order valence-corrected chi connectivity index (χ2v) is 5.55. The zero-order valence-electron chi connectivity index (χ0n) is 13.7. The van der Waals surface area contributed by atoms with Crippen molar-refractivity contribution < 1.29 is 19.1 Å². The second kappa shape index (κ2) is 8.41. The van der Waals surface area contributed by atoms with Crippen LogP contribution in [0.2, 0.25) is 0 Å². The number of hydrogen-bond acceptors (Lipinski definition) is 4. The van der Waals surface area contributed by atoms with E-state index in [0.717, 1.165) is 24.2 Å². The molecule has 6 nitrogen and oxygen atoms in total. The van der Waals surface area contributed by atoms with Crippen molar-refractivity contribution in [1.29, 1.82) is 0 Å². The van der Waals surface area contributed by atoms with Crippen LogP contribution in [-0.4, -0.2) is 43.7 Å². The number of rotatable bonds is 5. The fourth-order valence-corrected chi connectivity index (χ4v) is 2.65. The van der Waals surface area contributed by atoms with E-state index in [1.165, 1.54) is 0 Å². The lowest BCUT2D eigenvalue weighted by Crippen LogP contribution is -2.45. The number of nitrogens with zero attached hydrogens (tertiary/aromatic N) is 1. The highest BCUT2D eigenvalue weighted by molar-refractivity contribution is 5.80. The zero-order chi connectivity index (χ0) is 16.7. The summed E-state index contributed by atoms with van der Waals surface area (Å²) >= 11 is 0. The molecule has 23 heavy (non-hydrogen) atoms. The third-order valence-corrected chi connectivity index (χ3v) is 3.94. The number of benzene rings is 1. The summed E-state index contributed by atoms with van der Waals surface area (Å²) in [6.45, 7) is 3.68. The van der Waals surface area contributed by atoms with Crippen LogP contribution in [0.15, 0.2) is 24.3 Å². The van der Waals surface area contributed by atoms with Crippen molar-refractivity contribution in [2.75, 3.05) is 26.8 Å². The van der Waals surface area contributed by atoms with Gasteiger partial charge in [-0.3, -0.25) is 4.79 Å². The lowest BCUT2D eigenvalue weighted by Gasteiger charge is -2.31. The molecule has 1 fully saturated rings. The molecule has 1 aliphatic rings. The Bertz CT molecular complexity index is 530. The quantitative estimate of drug-likeness (QED) is 0.903. The van der Waals surface area contributed by atoms with E-state index < -0.39 is 0 Å². The number of methoxy groups -OCH3 is 1. The Labute approximate surface area is 136 Å². The number of hydrogen-bond donors (Lipinski definition) is 1. The Balaban J connectivity index is 1.83. The van der Waals surface area contributed by atoms with Crippen LogP contribution in [-0.2, 0) is 16.1 Å². The molecule has 2 rings (SSSR count). The number of ether oxygens (including phenoxy) is 2. The molecule has 0 spiro atoms. The van der Waals surface area contributed by atoms with Gasteiger partial charge in [0.25, 0.3) is 0 Å². The first-order valence-corrected chi connectivity index (χ1v) is 7.96. The van der Waals surface area contributed by atoms with Crippen LogP contribution in [0.4, 0.5) is 4.79 Å². The number of amides is 2. The number of carbonyl (C=O) groups excluding carboxylic acids is 2. The van der Waals surface area contributed by atoms with E-state index in [1.807, 2.05) is 24.3 Å². The molecule has 0 radical (unpaired) electrons. The van der Waals surface area contributed by atoms with Crippen LogP contribution in [0, 0.1) is 5.92 Å². The molecule has 1 aromatic rings. The van der Waals surface area contributed by atoms with Crippen molar-refractivity contribution in [3.8, 4) is 5.75 Å². The maximum absolute atomic E-state index is 12.3. The first-order valence-electron chi connectivity index (χ1n) is 7.96. The van der Waals surface area contributed by atoms with Gasteiger partial charge in [-0.25, -0.2) is 4.79 Å². The molecule has 1 unspecified atom stereocenters. The monoisotopic (exact) mass is 320 g/mol. The average molecular weight is 320 g/mol. The summed E-state index contributed by atoms with van der Waals surface area (Å²) in [5.41, 5.74) is 1.01. The van der Waals surface area contributed by atoms with E-state index in [9.17, 15) is 9.59 Å². The van der Waals surface area contributed by atoms with Gasteiger partial charge < -0.3 is 19.7 Å². The van der Waals surface area contributed by atoms with Crippen LogP contribution in [0.25, 0.3) is 0 Å². The number of nitrogens with one attached hydrogen (secondary N) is 1. The van der Waals surface area contributed by atoms with Gasteiger partial charge in [-0.15, -0.1) is 0 Å². The Morgan fingerprint density at radius 1 is 1.30 bits per heavy atom. The fourth-order valence-electron chi connectivity index (χ4n) is 2.65. The number of piperidine rings is 1. The standard InChI is InChI=1S/C17H24N2O4/c1-3-23-17(21)19-10-4-5-14(12-19)16(20)18-11-13-6-8-15(22-2)9-7-13/h6-9,14H,3-5,10-12H2,1-2H3,(H,18,20). The Morgan fingerprint density at radius 3 is 2.70 bits per heavy atom. The van der Waals surface area contributed by atoms with Crippen LogP contribution >= 0.6 is 0 Å². The van der Waals surface area contributed by atoms with Gasteiger partial charge in [0.05, 0.1) is 19.6 Å². The summed E-state index contributed by atoms with van der Waals surface area (Å²) in [6.07, 6.45) is 1.28. The topological polar surface area (TPSA) is 67.9 Å². The van der Waals surface area contributed by atoms with E-state index in [1.54, 1.807) is 18.9 Å². The highest BCUT2D eigenvalue weighted by Crippen LogP contribution is 2.18. The molecule has 126 valence electrons. The SMILES string of the molecule is CCOC(=O)N1CCCC(C(=O)NCc2ccc(OC)cc2)C1. The van der Waals surface area contributed by atoms with Gasteiger partial charge in [-0.1, -0.05) is 12.1 Å². The largest absolute Gasteiger partial charge is 0.497 e. The van der Waals surface area contributed by atoms with Gasteiger partial charge in [0.15, 0.2) is 0 Å². The fraction of sp³-hybridized carbons (Fsp3) is 0.529. The third-order valence-electron chi connectivity index (χ3n) is 3.94. The summed E-state index contributed by atoms with van der Waals surface area (Å²) in [5, 5.41) is 2.94. The molecule has 1 heterocycles. The molecule has 6 heteroatoms. The predicted octanol–water partition coefficient (Wildman–Crippen LogP) is 2.18. The normalized spacial score (nSPS) is 17.5. The first kappa shape index (κ1) is 17.1. The van der Waals surface area contributed by atoms with Crippen LogP contribution < -0.4 is 10.1 Å². The van der Waals surface area contributed by atoms with Crippen LogP contribution in [0.5, 0.6) is 5.75 Å². The molecule has 1 aliphatic heterocycles. The van der Waals surface area contributed by atoms with Crippen molar-refractivity contribution in [1.82, 2.24) is 10.2 Å². The molecule has 1 N–H and O–H groups in total. The minimum Gasteiger partial charge on any atom is -0.497 e. The minimum absolute atomic E-state index is 0.0187. The maximum Gasteiger partial charge on any atom is 0.409 e. The average Bonchev–Trinajstić information content (AvgIpc) is 2.60. The maximum atomic E-state index is 12.3. The van der Waals surface area contributed by atoms with Gasteiger partial charge in [0.2, 0.25) is 5.91 Å². The lowest BCUT2D eigenvalue weighted by molar-refractivity contribution is -0.126. The van der Waals surface area contributed by atoms with Crippen molar-refractivity contribution >= 4 is 12.0 Å². The van der Waals surface area contributed by atoms with E-state index in [-0.39, 0.29) is 17.9 Å². The molecule has 0 aliphatic carbocycles. The van der Waals surface area contributed by atoms with E-state index in [2.05, 4.69) is 5.32 Å². The van der Waals surface area contributed by atoms with Crippen molar-refractivity contribution in [2.45, 2.75) is 26.3 Å². The zero-order valence-corrected chi connectivity index (χ0v) is 13.7. The molecular formula is C17H24N2O4. The molecular weight excluding hydrogens is 296 g/mol. The molecule has 0 bridgehead atoms. The van der Waals surface area contributed by atoms with Crippen LogP contribution in [0.1, 0.15) is 25.3 Å². The molecule has 0 aromatic heterocycles. The molecule has 1 saturated heterocycles. The summed E-state index contributed by atoms with van der Waals surface area (Å²) in [5.74, 6) is 0.596. The molecule has 1 atom stereocenters. The Hall–Kier alpha value is -2.24. The number of likely N-dealkylation sites (tertiary alicyclic amines) is 1. The van der Waals surface area contributed by atoms with Gasteiger partial charge in [-0.05, 0) is 37.5 Å². The molecule has 2 amide bonds. The highest BCUT2D eigenvalue weighted by atomic mass is 16.6.